The summed E-state index contributed by atoms with van der Waals surface area (Å²) in [5.74, 6) is 2.47. The second kappa shape index (κ2) is 5.43. The molecule has 1 nitrogen and oxygen atoms in total. The maximum Gasteiger partial charge on any atom is 0.0632 e. The second-order valence-corrected chi connectivity index (χ2v) is 7.22. The van der Waals surface area contributed by atoms with Crippen LogP contribution in [-0.2, 0) is 0 Å². The Kier molecular flexibility index (Phi) is 4.44. The van der Waals surface area contributed by atoms with Crippen molar-refractivity contribution in [3.8, 4) is 0 Å². The third kappa shape index (κ3) is 3.14. The number of anilines is 1. The Morgan fingerprint density at radius 2 is 1.87 bits per heavy atom. The van der Waals surface area contributed by atoms with Crippen LogP contribution in [0.3, 0.4) is 0 Å². The lowest BCUT2D eigenvalue weighted by Gasteiger charge is -2.16. The highest BCUT2D eigenvalue weighted by Gasteiger charge is 2.17. The Balaban J connectivity index is 2.19. The van der Waals surface area contributed by atoms with Gasteiger partial charge in [0.15, 0.2) is 0 Å². The lowest BCUT2D eigenvalue weighted by molar-refractivity contribution is 0.811. The molecule has 1 unspecified atom stereocenters. The van der Waals surface area contributed by atoms with Crippen molar-refractivity contribution in [2.45, 2.75) is 12.5 Å². The Hall–Kier alpha value is 0.810. The van der Waals surface area contributed by atoms with Gasteiger partial charge in [0.1, 0.15) is 0 Å². The van der Waals surface area contributed by atoms with Crippen LogP contribution in [0.5, 0.6) is 0 Å². The number of nitrogens with one attached hydrogen (secondary N) is 1. The van der Waals surface area contributed by atoms with Crippen LogP contribution in [0, 0.1) is 0 Å². The van der Waals surface area contributed by atoms with Crippen molar-refractivity contribution in [2.75, 3.05) is 16.8 Å². The lowest BCUT2D eigenvalue weighted by Crippen LogP contribution is -2.18. The third-order valence-corrected chi connectivity index (χ3v) is 5.16. The van der Waals surface area contributed by atoms with E-state index in [0.29, 0.717) is 6.04 Å². The SMILES string of the molecule is Brc1cc(Br)c(NC2CCSC2)c(Br)c1. The smallest absolute Gasteiger partial charge is 0.0632 e. The topological polar surface area (TPSA) is 12.0 Å². The molecule has 1 aromatic carbocycles. The van der Waals surface area contributed by atoms with Crippen LogP contribution >= 0.6 is 59.6 Å². The van der Waals surface area contributed by atoms with Gasteiger partial charge < -0.3 is 5.32 Å². The van der Waals surface area contributed by atoms with Crippen molar-refractivity contribution < 1.29 is 0 Å². The first-order chi connectivity index (χ1) is 7.16. The van der Waals surface area contributed by atoms with E-state index in [0.717, 1.165) is 19.1 Å². The zero-order valence-electron chi connectivity index (χ0n) is 7.90. The van der Waals surface area contributed by atoms with E-state index in [-0.39, 0.29) is 0 Å². The van der Waals surface area contributed by atoms with Gasteiger partial charge in [0.05, 0.1) is 5.69 Å². The summed E-state index contributed by atoms with van der Waals surface area (Å²) in [6, 6.07) is 4.73. The number of rotatable bonds is 2. The van der Waals surface area contributed by atoms with Crippen molar-refractivity contribution in [1.82, 2.24) is 0 Å². The van der Waals surface area contributed by atoms with Crippen molar-refractivity contribution in [3.63, 3.8) is 0 Å². The molecule has 0 bridgehead atoms. The normalized spacial score (nSPS) is 20.6. The molecule has 1 fully saturated rings. The molecule has 82 valence electrons. The summed E-state index contributed by atoms with van der Waals surface area (Å²) in [6.45, 7) is 0. The molecular formula is C10H10Br3NS. The highest BCUT2D eigenvalue weighted by molar-refractivity contribution is 9.11. The molecule has 1 saturated heterocycles. The molecule has 15 heavy (non-hydrogen) atoms. The van der Waals surface area contributed by atoms with E-state index in [1.807, 2.05) is 11.8 Å². The quantitative estimate of drug-likeness (QED) is 0.737. The average Bonchev–Trinajstić information content (AvgIpc) is 2.63. The molecule has 1 N–H and O–H groups in total. The van der Waals surface area contributed by atoms with Gasteiger partial charge >= 0.3 is 0 Å². The standard InChI is InChI=1S/C10H10Br3NS/c11-6-3-8(12)10(9(13)4-6)14-7-1-2-15-5-7/h3-4,7,14H,1-2,5H2. The van der Waals surface area contributed by atoms with E-state index >= 15 is 0 Å². The number of hydrogen-bond acceptors (Lipinski definition) is 2. The predicted octanol–water partition coefficient (Wildman–Crippen LogP) is 4.89. The molecule has 0 radical (unpaired) electrons. The van der Waals surface area contributed by atoms with Gasteiger partial charge in [-0.15, -0.1) is 0 Å². The Morgan fingerprint density at radius 3 is 2.40 bits per heavy atom. The van der Waals surface area contributed by atoms with Crippen LogP contribution in [0.25, 0.3) is 0 Å². The first-order valence-electron chi connectivity index (χ1n) is 4.65. The molecule has 1 aromatic rings. The molecule has 0 amide bonds. The highest BCUT2D eigenvalue weighted by Crippen LogP contribution is 2.36. The average molecular weight is 416 g/mol. The summed E-state index contributed by atoms with van der Waals surface area (Å²) < 4.78 is 3.27. The minimum atomic E-state index is 0.601. The van der Waals surface area contributed by atoms with Crippen molar-refractivity contribution in [2.24, 2.45) is 0 Å². The van der Waals surface area contributed by atoms with E-state index in [9.17, 15) is 0 Å². The molecule has 5 heteroatoms. The monoisotopic (exact) mass is 413 g/mol. The van der Waals surface area contributed by atoms with Crippen LogP contribution in [0.4, 0.5) is 5.69 Å². The maximum absolute atomic E-state index is 3.58. The number of benzene rings is 1. The van der Waals surface area contributed by atoms with Crippen LogP contribution in [0.1, 0.15) is 6.42 Å². The molecule has 0 saturated carbocycles. The molecule has 0 aliphatic carbocycles. The molecule has 0 spiro atoms. The van der Waals surface area contributed by atoms with Crippen LogP contribution in [0.2, 0.25) is 0 Å². The molecule has 1 atom stereocenters. The molecule has 1 aliphatic rings. The van der Waals surface area contributed by atoms with Crippen molar-refractivity contribution in [1.29, 1.82) is 0 Å². The van der Waals surface area contributed by atoms with E-state index in [1.54, 1.807) is 0 Å². The van der Waals surface area contributed by atoms with Crippen molar-refractivity contribution >= 4 is 65.2 Å². The zero-order valence-corrected chi connectivity index (χ0v) is 13.5. The Morgan fingerprint density at radius 1 is 1.20 bits per heavy atom. The van der Waals surface area contributed by atoms with Gasteiger partial charge in [-0.2, -0.15) is 11.8 Å². The summed E-state index contributed by atoms with van der Waals surface area (Å²) in [5.41, 5.74) is 1.16. The Labute approximate surface area is 119 Å². The number of hydrogen-bond donors (Lipinski definition) is 1. The maximum atomic E-state index is 3.58. The molecule has 2 rings (SSSR count). The van der Waals surface area contributed by atoms with Gasteiger partial charge in [-0.1, -0.05) is 15.9 Å². The first kappa shape index (κ1) is 12.3. The minimum Gasteiger partial charge on any atom is -0.380 e. The second-order valence-electron chi connectivity index (χ2n) is 3.45. The summed E-state index contributed by atoms with van der Waals surface area (Å²) in [7, 11) is 0. The van der Waals surface area contributed by atoms with Crippen LogP contribution in [-0.4, -0.2) is 17.5 Å². The fourth-order valence-electron chi connectivity index (χ4n) is 1.53. The van der Waals surface area contributed by atoms with Gasteiger partial charge in [-0.25, -0.2) is 0 Å². The highest BCUT2D eigenvalue weighted by atomic mass is 79.9. The predicted molar refractivity (Wildman–Crippen MR) is 78.9 cm³/mol. The third-order valence-electron chi connectivity index (χ3n) is 2.29. The molecular weight excluding hydrogens is 406 g/mol. The zero-order chi connectivity index (χ0) is 10.8. The van der Waals surface area contributed by atoms with Crippen LogP contribution < -0.4 is 5.32 Å². The fourth-order valence-corrected chi connectivity index (χ4v) is 5.17. The summed E-state index contributed by atoms with van der Waals surface area (Å²) in [4.78, 5) is 0. The van der Waals surface area contributed by atoms with Gasteiger partial charge in [-0.3, -0.25) is 0 Å². The molecule has 0 aromatic heterocycles. The van der Waals surface area contributed by atoms with Crippen molar-refractivity contribution in [3.05, 3.63) is 25.6 Å². The lowest BCUT2D eigenvalue weighted by atomic mass is 10.2. The van der Waals surface area contributed by atoms with E-state index in [4.69, 9.17) is 0 Å². The van der Waals surface area contributed by atoms with Gasteiger partial charge in [0, 0.05) is 25.2 Å². The number of thioether (sulfide) groups is 1. The largest absolute Gasteiger partial charge is 0.380 e. The summed E-state index contributed by atoms with van der Waals surface area (Å²) in [5, 5.41) is 3.57. The first-order valence-corrected chi connectivity index (χ1v) is 8.19. The van der Waals surface area contributed by atoms with E-state index < -0.39 is 0 Å². The molecule has 1 heterocycles. The van der Waals surface area contributed by atoms with Crippen LogP contribution in [0.15, 0.2) is 25.6 Å². The van der Waals surface area contributed by atoms with Gasteiger partial charge in [-0.05, 0) is 56.2 Å². The summed E-state index contributed by atoms with van der Waals surface area (Å²) >= 11 is 12.6. The summed E-state index contributed by atoms with van der Waals surface area (Å²) in [6.07, 6.45) is 1.25. The Bertz CT molecular complexity index is 341. The fraction of sp³-hybridized carbons (Fsp3) is 0.400. The van der Waals surface area contributed by atoms with E-state index in [2.05, 4.69) is 65.2 Å². The molecule has 1 aliphatic heterocycles. The van der Waals surface area contributed by atoms with Gasteiger partial charge in [0.25, 0.3) is 0 Å². The van der Waals surface area contributed by atoms with E-state index in [1.165, 1.54) is 17.9 Å². The minimum absolute atomic E-state index is 0.601. The number of halogens is 3. The van der Waals surface area contributed by atoms with Gasteiger partial charge in [0.2, 0.25) is 0 Å².